The van der Waals surface area contributed by atoms with E-state index in [0.717, 1.165) is 4.60 Å². The van der Waals surface area contributed by atoms with Gasteiger partial charge in [-0.3, -0.25) is 0 Å². The zero-order chi connectivity index (χ0) is 8.55. The van der Waals surface area contributed by atoms with Crippen LogP contribution in [0.25, 0.3) is 0 Å². The van der Waals surface area contributed by atoms with E-state index in [4.69, 9.17) is 5.73 Å². The minimum Gasteiger partial charge on any atom is -0.369 e. The normalized spacial score (nSPS) is 18.8. The van der Waals surface area contributed by atoms with Crippen LogP contribution in [0, 0.1) is 0 Å². The van der Waals surface area contributed by atoms with Crippen LogP contribution >= 0.6 is 15.9 Å². The first-order chi connectivity index (χ1) is 5.77. The average Bonchev–Trinajstić information content (AvgIpc) is 2.58. The van der Waals surface area contributed by atoms with Crippen LogP contribution in [0.15, 0.2) is 4.60 Å². The Morgan fingerprint density at radius 2 is 2.08 bits per heavy atom. The Kier molecular flexibility index (Phi) is 2.09. The molecule has 0 saturated heterocycles. The minimum atomic E-state index is 0.517. The summed E-state index contributed by atoms with van der Waals surface area (Å²) in [6, 6.07) is 0. The highest BCUT2D eigenvalue weighted by atomic mass is 79.9. The van der Waals surface area contributed by atoms with E-state index < -0.39 is 0 Å². The number of rotatable bonds is 1. The van der Waals surface area contributed by atoms with Crippen LogP contribution in [0.1, 0.15) is 37.3 Å². The third-order valence-electron chi connectivity index (χ3n) is 2.47. The van der Waals surface area contributed by atoms with E-state index in [9.17, 15) is 0 Å². The monoisotopic (exact) mass is 229 g/mol. The highest BCUT2D eigenvalue weighted by Crippen LogP contribution is 2.36. The number of anilines is 1. The molecule has 1 heterocycles. The molecule has 0 radical (unpaired) electrons. The fraction of sp³-hybridized carbons (Fsp3) is 0.625. The van der Waals surface area contributed by atoms with E-state index >= 15 is 0 Å². The molecule has 0 spiro atoms. The van der Waals surface area contributed by atoms with E-state index in [0.29, 0.717) is 11.9 Å². The van der Waals surface area contributed by atoms with Crippen molar-refractivity contribution in [1.29, 1.82) is 0 Å². The Labute approximate surface area is 79.9 Å². The van der Waals surface area contributed by atoms with Gasteiger partial charge in [0.2, 0.25) is 0 Å². The lowest BCUT2D eigenvalue weighted by molar-refractivity contribution is 0.699. The average molecular weight is 230 g/mol. The second-order valence-corrected chi connectivity index (χ2v) is 4.06. The Bertz CT molecular complexity index is 276. The van der Waals surface area contributed by atoms with Gasteiger partial charge in [-0.2, -0.15) is 0 Å². The van der Waals surface area contributed by atoms with Gasteiger partial charge in [-0.15, -0.1) is 0 Å². The number of H-pyrrole nitrogens is 1. The summed E-state index contributed by atoms with van der Waals surface area (Å²) in [5.74, 6) is 1.16. The third-order valence-corrected chi connectivity index (χ3v) is 3.07. The summed E-state index contributed by atoms with van der Waals surface area (Å²) in [5.41, 5.74) is 6.74. The van der Waals surface area contributed by atoms with Gasteiger partial charge in [-0.05, 0) is 28.8 Å². The number of aromatic amines is 1. The molecule has 3 N–H and O–H groups in total. The second-order valence-electron chi connectivity index (χ2n) is 3.31. The molecule has 3 nitrogen and oxygen atoms in total. The summed E-state index contributed by atoms with van der Waals surface area (Å²) < 4.78 is 0.895. The van der Waals surface area contributed by atoms with Gasteiger partial charge in [0, 0.05) is 5.92 Å². The number of nitrogens with two attached hydrogens (primary N) is 1. The molecular weight excluding hydrogens is 218 g/mol. The standard InChI is InChI=1S/C8H12BrN3/c9-7-6(11-8(10)12-7)5-3-1-2-4-5/h5H,1-4H2,(H3,10,11,12). The molecule has 0 aliphatic heterocycles. The first-order valence-corrected chi connectivity index (χ1v) is 5.07. The maximum Gasteiger partial charge on any atom is 0.198 e. The van der Waals surface area contributed by atoms with Crippen molar-refractivity contribution in [2.45, 2.75) is 31.6 Å². The van der Waals surface area contributed by atoms with Gasteiger partial charge >= 0.3 is 0 Å². The van der Waals surface area contributed by atoms with Gasteiger partial charge in [0.1, 0.15) is 4.60 Å². The molecule has 1 aliphatic rings. The van der Waals surface area contributed by atoms with E-state index in [-0.39, 0.29) is 0 Å². The summed E-state index contributed by atoms with van der Waals surface area (Å²) in [4.78, 5) is 7.20. The Hall–Kier alpha value is -0.510. The fourth-order valence-electron chi connectivity index (χ4n) is 1.87. The van der Waals surface area contributed by atoms with E-state index in [1.54, 1.807) is 0 Å². The summed E-state index contributed by atoms with van der Waals surface area (Å²) >= 11 is 3.40. The Morgan fingerprint density at radius 3 is 2.58 bits per heavy atom. The molecule has 66 valence electrons. The Balaban J connectivity index is 2.25. The van der Waals surface area contributed by atoms with Crippen LogP contribution < -0.4 is 5.73 Å². The van der Waals surface area contributed by atoms with Crippen LogP contribution in [0.4, 0.5) is 5.95 Å². The van der Waals surface area contributed by atoms with Crippen molar-refractivity contribution in [3.05, 3.63) is 10.3 Å². The van der Waals surface area contributed by atoms with Crippen molar-refractivity contribution in [1.82, 2.24) is 9.97 Å². The fourth-order valence-corrected chi connectivity index (χ4v) is 2.48. The molecule has 0 bridgehead atoms. The number of hydrogen-bond acceptors (Lipinski definition) is 2. The molecule has 1 fully saturated rings. The molecule has 1 aromatic rings. The van der Waals surface area contributed by atoms with E-state index in [2.05, 4.69) is 25.9 Å². The van der Waals surface area contributed by atoms with Crippen LogP contribution in [-0.2, 0) is 0 Å². The molecule has 12 heavy (non-hydrogen) atoms. The lowest BCUT2D eigenvalue weighted by Gasteiger charge is -2.05. The zero-order valence-corrected chi connectivity index (χ0v) is 8.39. The highest BCUT2D eigenvalue weighted by molar-refractivity contribution is 9.10. The number of nitrogen functional groups attached to an aromatic ring is 1. The maximum absolute atomic E-state index is 5.55. The van der Waals surface area contributed by atoms with Crippen LogP contribution in [0.5, 0.6) is 0 Å². The molecule has 0 atom stereocenters. The van der Waals surface area contributed by atoms with E-state index in [1.807, 2.05) is 0 Å². The number of hydrogen-bond donors (Lipinski definition) is 2. The van der Waals surface area contributed by atoms with Crippen molar-refractivity contribution in [2.75, 3.05) is 5.73 Å². The second kappa shape index (κ2) is 3.09. The highest BCUT2D eigenvalue weighted by Gasteiger charge is 2.21. The number of nitrogens with one attached hydrogen (secondary N) is 1. The van der Waals surface area contributed by atoms with E-state index in [1.165, 1.54) is 31.4 Å². The molecule has 1 aromatic heterocycles. The lowest BCUT2D eigenvalue weighted by Crippen LogP contribution is -1.94. The Morgan fingerprint density at radius 1 is 1.42 bits per heavy atom. The summed E-state index contributed by atoms with van der Waals surface area (Å²) in [6.45, 7) is 0. The molecule has 0 amide bonds. The third kappa shape index (κ3) is 1.35. The van der Waals surface area contributed by atoms with Crippen molar-refractivity contribution in [3.63, 3.8) is 0 Å². The molecule has 0 aromatic carbocycles. The predicted molar refractivity (Wildman–Crippen MR) is 51.9 cm³/mol. The molecule has 4 heteroatoms. The molecular formula is C8H12BrN3. The van der Waals surface area contributed by atoms with Crippen molar-refractivity contribution in [2.24, 2.45) is 0 Å². The SMILES string of the molecule is Nc1nc(Br)c(C2CCCC2)[nH]1. The number of imidazole rings is 1. The first kappa shape index (κ1) is 8.10. The summed E-state index contributed by atoms with van der Waals surface area (Å²) in [6.07, 6.45) is 5.19. The van der Waals surface area contributed by atoms with Gasteiger partial charge in [0.05, 0.1) is 5.69 Å². The van der Waals surface area contributed by atoms with Crippen molar-refractivity contribution < 1.29 is 0 Å². The van der Waals surface area contributed by atoms with Gasteiger partial charge < -0.3 is 10.7 Å². The smallest absolute Gasteiger partial charge is 0.198 e. The van der Waals surface area contributed by atoms with Crippen LogP contribution in [-0.4, -0.2) is 9.97 Å². The summed E-state index contributed by atoms with van der Waals surface area (Å²) in [7, 11) is 0. The summed E-state index contributed by atoms with van der Waals surface area (Å²) in [5, 5.41) is 0. The first-order valence-electron chi connectivity index (χ1n) is 4.28. The van der Waals surface area contributed by atoms with Crippen LogP contribution in [0.3, 0.4) is 0 Å². The quantitative estimate of drug-likeness (QED) is 0.778. The van der Waals surface area contributed by atoms with Gasteiger partial charge in [0.15, 0.2) is 5.95 Å². The lowest BCUT2D eigenvalue weighted by atomic mass is 10.1. The number of nitrogens with zero attached hydrogens (tertiary/aromatic N) is 1. The number of aromatic nitrogens is 2. The maximum atomic E-state index is 5.55. The van der Waals surface area contributed by atoms with Crippen LogP contribution in [0.2, 0.25) is 0 Å². The minimum absolute atomic E-state index is 0.517. The largest absolute Gasteiger partial charge is 0.369 e. The molecule has 1 aliphatic carbocycles. The zero-order valence-electron chi connectivity index (χ0n) is 6.81. The topological polar surface area (TPSA) is 54.7 Å². The van der Waals surface area contributed by atoms with Crippen molar-refractivity contribution >= 4 is 21.9 Å². The van der Waals surface area contributed by atoms with Crippen molar-refractivity contribution in [3.8, 4) is 0 Å². The van der Waals surface area contributed by atoms with Gasteiger partial charge in [-0.25, -0.2) is 4.98 Å². The number of halogens is 1. The molecule has 0 unspecified atom stereocenters. The molecule has 2 rings (SSSR count). The molecule has 1 saturated carbocycles. The predicted octanol–water partition coefficient (Wildman–Crippen LogP) is 2.41. The van der Waals surface area contributed by atoms with Gasteiger partial charge in [-0.1, -0.05) is 12.8 Å². The van der Waals surface area contributed by atoms with Gasteiger partial charge in [0.25, 0.3) is 0 Å².